The monoisotopic (exact) mass is 248 g/mol. The quantitative estimate of drug-likeness (QED) is 0.534. The van der Waals surface area contributed by atoms with Gasteiger partial charge in [0.15, 0.2) is 0 Å². The van der Waals surface area contributed by atoms with Crippen molar-refractivity contribution in [3.63, 3.8) is 0 Å². The number of carbonyl (C=O) groups excluding carboxylic acids is 1. The minimum atomic E-state index is -0.162. The van der Waals surface area contributed by atoms with Crippen LogP contribution in [0.4, 0.5) is 0 Å². The van der Waals surface area contributed by atoms with E-state index in [9.17, 15) is 4.79 Å². The molecule has 0 atom stereocenters. The van der Waals surface area contributed by atoms with Crippen LogP contribution in [0.15, 0.2) is 34.9 Å². The van der Waals surface area contributed by atoms with Gasteiger partial charge in [0.25, 0.3) is 0 Å². The minimum absolute atomic E-state index is 0.0403. The Hall–Kier alpha value is -1.31. The molecule has 1 aliphatic carbocycles. The van der Waals surface area contributed by atoms with Crippen molar-refractivity contribution < 1.29 is 9.53 Å². The Bertz CT molecular complexity index is 380. The minimum Gasteiger partial charge on any atom is -0.460 e. The van der Waals surface area contributed by atoms with E-state index in [1.807, 2.05) is 19.9 Å². The van der Waals surface area contributed by atoms with Gasteiger partial charge in [0.05, 0.1) is 6.10 Å². The van der Waals surface area contributed by atoms with E-state index in [0.717, 1.165) is 31.3 Å². The lowest BCUT2D eigenvalue weighted by Gasteiger charge is -2.14. The molecule has 18 heavy (non-hydrogen) atoms. The molecule has 0 aromatic rings. The zero-order valence-electron chi connectivity index (χ0n) is 12.0. The maximum absolute atomic E-state index is 11.7. The fraction of sp³-hybridized carbons (Fsp3) is 0.562. The van der Waals surface area contributed by atoms with Crippen molar-refractivity contribution in [2.75, 3.05) is 0 Å². The molecule has 0 N–H and O–H groups in total. The molecule has 2 heteroatoms. The first-order valence-electron chi connectivity index (χ1n) is 6.70. The first-order chi connectivity index (χ1) is 8.49. The van der Waals surface area contributed by atoms with Crippen molar-refractivity contribution in [1.82, 2.24) is 0 Å². The summed E-state index contributed by atoms with van der Waals surface area (Å²) in [5.74, 6) is -0.162. The van der Waals surface area contributed by atoms with Crippen molar-refractivity contribution in [3.05, 3.63) is 34.9 Å². The zero-order valence-corrected chi connectivity index (χ0v) is 12.0. The van der Waals surface area contributed by atoms with Gasteiger partial charge in [-0.15, -0.1) is 0 Å². The van der Waals surface area contributed by atoms with Gasteiger partial charge in [-0.25, -0.2) is 4.79 Å². The van der Waals surface area contributed by atoms with Crippen LogP contribution in [0.5, 0.6) is 0 Å². The number of esters is 1. The molecule has 0 saturated carbocycles. The van der Waals surface area contributed by atoms with E-state index in [-0.39, 0.29) is 12.1 Å². The summed E-state index contributed by atoms with van der Waals surface area (Å²) in [5, 5.41) is 0. The van der Waals surface area contributed by atoms with Crippen LogP contribution < -0.4 is 0 Å². The third-order valence-electron chi connectivity index (χ3n) is 2.84. The highest BCUT2D eigenvalue weighted by molar-refractivity contribution is 5.89. The predicted octanol–water partition coefficient (Wildman–Crippen LogP) is 4.33. The van der Waals surface area contributed by atoms with Gasteiger partial charge in [-0.2, -0.15) is 0 Å². The third-order valence-corrected chi connectivity index (χ3v) is 2.84. The summed E-state index contributed by atoms with van der Waals surface area (Å²) >= 11 is 0. The molecule has 0 unspecified atom stereocenters. The van der Waals surface area contributed by atoms with Crippen molar-refractivity contribution in [1.29, 1.82) is 0 Å². The Kier molecular flexibility index (Phi) is 5.90. The normalized spacial score (nSPS) is 14.9. The summed E-state index contributed by atoms with van der Waals surface area (Å²) in [4.78, 5) is 11.7. The van der Waals surface area contributed by atoms with Gasteiger partial charge in [0, 0.05) is 5.57 Å². The SMILES string of the molecule is CC(C)=CCCC1=CCC(C(=O)OC(C)C)=CC1. The van der Waals surface area contributed by atoms with E-state index < -0.39 is 0 Å². The van der Waals surface area contributed by atoms with Crippen LogP contribution in [0.25, 0.3) is 0 Å². The van der Waals surface area contributed by atoms with Gasteiger partial charge in [-0.05, 0) is 53.4 Å². The molecule has 1 aliphatic rings. The highest BCUT2D eigenvalue weighted by Gasteiger charge is 2.14. The van der Waals surface area contributed by atoms with Crippen LogP contribution in [0.1, 0.15) is 53.4 Å². The van der Waals surface area contributed by atoms with Gasteiger partial charge in [0.2, 0.25) is 0 Å². The van der Waals surface area contributed by atoms with Crippen LogP contribution in [0.2, 0.25) is 0 Å². The third kappa shape index (κ3) is 5.35. The van der Waals surface area contributed by atoms with Gasteiger partial charge in [-0.1, -0.05) is 29.4 Å². The van der Waals surface area contributed by atoms with Crippen molar-refractivity contribution in [3.8, 4) is 0 Å². The molecule has 0 spiro atoms. The van der Waals surface area contributed by atoms with Gasteiger partial charge in [-0.3, -0.25) is 0 Å². The molecule has 2 nitrogen and oxygen atoms in total. The van der Waals surface area contributed by atoms with Gasteiger partial charge >= 0.3 is 5.97 Å². The lowest BCUT2D eigenvalue weighted by molar-refractivity contribution is -0.142. The smallest absolute Gasteiger partial charge is 0.334 e. The predicted molar refractivity (Wildman–Crippen MR) is 75.3 cm³/mol. The van der Waals surface area contributed by atoms with E-state index in [2.05, 4.69) is 26.0 Å². The topological polar surface area (TPSA) is 26.3 Å². The first-order valence-corrected chi connectivity index (χ1v) is 6.70. The Labute approximate surface area is 110 Å². The summed E-state index contributed by atoms with van der Waals surface area (Å²) in [7, 11) is 0. The Balaban J connectivity index is 2.39. The van der Waals surface area contributed by atoms with E-state index >= 15 is 0 Å². The largest absolute Gasteiger partial charge is 0.460 e. The highest BCUT2D eigenvalue weighted by atomic mass is 16.5. The maximum atomic E-state index is 11.7. The molecule has 0 amide bonds. The Morgan fingerprint density at radius 3 is 2.56 bits per heavy atom. The van der Waals surface area contributed by atoms with Crippen LogP contribution in [0, 0.1) is 0 Å². The molecule has 100 valence electrons. The Morgan fingerprint density at radius 1 is 1.33 bits per heavy atom. The lowest BCUT2D eigenvalue weighted by Crippen LogP contribution is -2.14. The molecular formula is C16H24O2. The molecule has 0 radical (unpaired) electrons. The number of ether oxygens (including phenoxy) is 1. The highest BCUT2D eigenvalue weighted by Crippen LogP contribution is 2.22. The fourth-order valence-corrected chi connectivity index (χ4v) is 1.88. The fourth-order valence-electron chi connectivity index (χ4n) is 1.88. The standard InChI is InChI=1S/C16H24O2/c1-12(2)6-5-7-14-8-10-15(11-9-14)16(17)18-13(3)4/h6,8,11,13H,5,7,9-10H2,1-4H3. The summed E-state index contributed by atoms with van der Waals surface area (Å²) < 4.78 is 5.19. The van der Waals surface area contributed by atoms with E-state index in [1.54, 1.807) is 0 Å². The molecule has 0 bridgehead atoms. The van der Waals surface area contributed by atoms with Crippen LogP contribution in [-0.2, 0) is 9.53 Å². The maximum Gasteiger partial charge on any atom is 0.334 e. The van der Waals surface area contributed by atoms with E-state index in [1.165, 1.54) is 11.1 Å². The van der Waals surface area contributed by atoms with Crippen molar-refractivity contribution in [2.24, 2.45) is 0 Å². The number of allylic oxidation sites excluding steroid dienone is 5. The average molecular weight is 248 g/mol. The second-order valence-corrected chi connectivity index (χ2v) is 5.27. The lowest BCUT2D eigenvalue weighted by atomic mass is 9.96. The molecule has 0 fully saturated rings. The van der Waals surface area contributed by atoms with Gasteiger partial charge < -0.3 is 4.74 Å². The van der Waals surface area contributed by atoms with Crippen LogP contribution in [0.3, 0.4) is 0 Å². The molecule has 0 aliphatic heterocycles. The summed E-state index contributed by atoms with van der Waals surface area (Å²) in [5.41, 5.74) is 3.59. The second kappa shape index (κ2) is 7.20. The molecule has 0 heterocycles. The Morgan fingerprint density at radius 2 is 2.06 bits per heavy atom. The van der Waals surface area contributed by atoms with Crippen molar-refractivity contribution in [2.45, 2.75) is 59.5 Å². The molecular weight excluding hydrogens is 224 g/mol. The second-order valence-electron chi connectivity index (χ2n) is 5.27. The van der Waals surface area contributed by atoms with E-state index in [4.69, 9.17) is 4.74 Å². The number of rotatable bonds is 5. The summed E-state index contributed by atoms with van der Waals surface area (Å²) in [6.45, 7) is 7.99. The molecule has 1 rings (SSSR count). The van der Waals surface area contributed by atoms with Crippen molar-refractivity contribution >= 4 is 5.97 Å². The molecule has 0 saturated heterocycles. The molecule has 0 aromatic carbocycles. The summed E-state index contributed by atoms with van der Waals surface area (Å²) in [6, 6.07) is 0. The molecule has 0 aromatic heterocycles. The van der Waals surface area contributed by atoms with E-state index in [0.29, 0.717) is 0 Å². The average Bonchev–Trinajstić information content (AvgIpc) is 2.28. The number of hydrogen-bond donors (Lipinski definition) is 0. The van der Waals surface area contributed by atoms with Crippen LogP contribution in [-0.4, -0.2) is 12.1 Å². The van der Waals surface area contributed by atoms with Gasteiger partial charge in [0.1, 0.15) is 0 Å². The summed E-state index contributed by atoms with van der Waals surface area (Å²) in [6.07, 6.45) is 10.2. The first kappa shape index (κ1) is 14.7. The number of carbonyl (C=O) groups is 1. The zero-order chi connectivity index (χ0) is 13.5. The number of hydrogen-bond acceptors (Lipinski definition) is 2. The van der Waals surface area contributed by atoms with Crippen LogP contribution >= 0.6 is 0 Å².